The van der Waals surface area contributed by atoms with Crippen LogP contribution in [0.5, 0.6) is 5.75 Å². The second kappa shape index (κ2) is 10.2. The lowest BCUT2D eigenvalue weighted by atomic mass is 9.85. The van der Waals surface area contributed by atoms with Crippen molar-refractivity contribution in [3.05, 3.63) is 52.3 Å². The molecule has 1 aliphatic heterocycles. The zero-order valence-electron chi connectivity index (χ0n) is 21.4. The molecule has 37 heavy (non-hydrogen) atoms. The first kappa shape index (κ1) is 25.4. The molecule has 0 radical (unpaired) electrons. The number of ether oxygens (including phenoxy) is 2. The summed E-state index contributed by atoms with van der Waals surface area (Å²) in [6.07, 6.45) is 4.65. The Hall–Kier alpha value is -3.26. The molecular formula is C28H32ClN3O5. The van der Waals surface area contributed by atoms with E-state index in [9.17, 15) is 14.7 Å². The molecule has 1 aromatic heterocycles. The van der Waals surface area contributed by atoms with Gasteiger partial charge in [-0.25, -0.2) is 9.78 Å². The average molecular weight is 526 g/mol. The fourth-order valence-electron chi connectivity index (χ4n) is 5.96. The number of halogens is 1. The molecule has 5 rings (SSSR count). The lowest BCUT2D eigenvalue weighted by Gasteiger charge is -2.34. The number of rotatable bonds is 5. The maximum Gasteiger partial charge on any atom is 0.414 e. The molecule has 9 heteroatoms. The number of aromatic nitrogens is 2. The number of hydrogen-bond donors (Lipinski definition) is 1. The highest BCUT2D eigenvalue weighted by Crippen LogP contribution is 2.41. The summed E-state index contributed by atoms with van der Waals surface area (Å²) in [4.78, 5) is 31.1. The number of amides is 1. The standard InChI is InChI=1S/C28H32ClN3O5/c1-16-4-9-22-23(31(16)28(35)37-3)10-11-24-26(22)30-25(14-17-12-19(29)15-21(13-17)36-2)32(24)20-7-5-18(6-8-20)27(33)34/h10-13,15-16,18,20H,4-9,14H2,1-3H3,(H,33,34)/t16-,18-,20-/m0/s1. The van der Waals surface area contributed by atoms with Gasteiger partial charge in [-0.2, -0.15) is 0 Å². The third kappa shape index (κ3) is 4.75. The van der Waals surface area contributed by atoms with E-state index in [1.807, 2.05) is 31.2 Å². The van der Waals surface area contributed by atoms with E-state index in [2.05, 4.69) is 4.57 Å². The van der Waals surface area contributed by atoms with Crippen LogP contribution in [0.25, 0.3) is 11.0 Å². The van der Waals surface area contributed by atoms with Gasteiger partial charge < -0.3 is 19.1 Å². The van der Waals surface area contributed by atoms with E-state index in [1.165, 1.54) is 7.11 Å². The number of carboxylic acids is 1. The van der Waals surface area contributed by atoms with E-state index in [1.54, 1.807) is 18.1 Å². The molecule has 0 saturated heterocycles. The topological polar surface area (TPSA) is 93.9 Å². The van der Waals surface area contributed by atoms with Gasteiger partial charge in [-0.05, 0) is 81.3 Å². The number of carbonyl (C=O) groups excluding carboxylic acids is 1. The number of methoxy groups -OCH3 is 2. The minimum Gasteiger partial charge on any atom is -0.497 e. The highest BCUT2D eigenvalue weighted by Gasteiger charge is 2.33. The lowest BCUT2D eigenvalue weighted by molar-refractivity contribution is -0.143. The van der Waals surface area contributed by atoms with E-state index in [4.69, 9.17) is 26.1 Å². The normalized spacial score (nSPS) is 21.5. The quantitative estimate of drug-likeness (QED) is 0.438. The Morgan fingerprint density at radius 3 is 2.54 bits per heavy atom. The van der Waals surface area contributed by atoms with Gasteiger partial charge in [-0.3, -0.25) is 9.69 Å². The number of carboxylic acid groups (broad SMARTS) is 1. The maximum atomic E-state index is 12.6. The Morgan fingerprint density at radius 1 is 1.11 bits per heavy atom. The zero-order chi connectivity index (χ0) is 26.3. The number of aryl methyl sites for hydroxylation is 1. The van der Waals surface area contributed by atoms with Crippen LogP contribution in [0.1, 0.15) is 62.0 Å². The summed E-state index contributed by atoms with van der Waals surface area (Å²) in [7, 11) is 3.02. The van der Waals surface area contributed by atoms with E-state index < -0.39 is 5.97 Å². The number of aliphatic carboxylic acids is 1. The van der Waals surface area contributed by atoms with Crippen molar-refractivity contribution in [2.45, 2.75) is 64.0 Å². The summed E-state index contributed by atoms with van der Waals surface area (Å²) in [5, 5.41) is 10.1. The van der Waals surface area contributed by atoms with Gasteiger partial charge in [-0.1, -0.05) is 11.6 Å². The molecular weight excluding hydrogens is 494 g/mol. The monoisotopic (exact) mass is 525 g/mol. The van der Waals surface area contributed by atoms with E-state index in [0.717, 1.165) is 59.4 Å². The summed E-state index contributed by atoms with van der Waals surface area (Å²) >= 11 is 6.36. The Balaban J connectivity index is 1.62. The first-order valence-electron chi connectivity index (χ1n) is 12.8. The van der Waals surface area contributed by atoms with E-state index >= 15 is 0 Å². The van der Waals surface area contributed by atoms with E-state index in [0.29, 0.717) is 30.0 Å². The summed E-state index contributed by atoms with van der Waals surface area (Å²) in [5.74, 6) is 0.572. The molecule has 2 aliphatic rings. The third-order valence-electron chi connectivity index (χ3n) is 7.84. The molecule has 0 unspecified atom stereocenters. The fourth-order valence-corrected chi connectivity index (χ4v) is 6.21. The van der Waals surface area contributed by atoms with Crippen molar-refractivity contribution < 1.29 is 24.2 Å². The van der Waals surface area contributed by atoms with Gasteiger partial charge in [0.15, 0.2) is 0 Å². The van der Waals surface area contributed by atoms with Gasteiger partial charge in [0.1, 0.15) is 11.6 Å². The van der Waals surface area contributed by atoms with Gasteiger partial charge in [0.25, 0.3) is 0 Å². The number of anilines is 1. The molecule has 8 nitrogen and oxygen atoms in total. The summed E-state index contributed by atoms with van der Waals surface area (Å²) in [5.41, 5.74) is 4.78. The molecule has 1 saturated carbocycles. The zero-order valence-corrected chi connectivity index (χ0v) is 22.1. The molecule has 196 valence electrons. The molecule has 1 N–H and O–H groups in total. The minimum absolute atomic E-state index is 0.0316. The molecule has 1 aliphatic carbocycles. The van der Waals surface area contributed by atoms with Crippen molar-refractivity contribution >= 4 is 40.4 Å². The van der Waals surface area contributed by atoms with Crippen LogP contribution < -0.4 is 9.64 Å². The van der Waals surface area contributed by atoms with Crippen LogP contribution in [0, 0.1) is 5.92 Å². The average Bonchev–Trinajstić information content (AvgIpc) is 3.25. The first-order chi connectivity index (χ1) is 17.8. The molecule has 0 spiro atoms. The van der Waals surface area contributed by atoms with Crippen molar-refractivity contribution in [3.63, 3.8) is 0 Å². The Labute approximate surface area is 221 Å². The van der Waals surface area contributed by atoms with Crippen molar-refractivity contribution in [2.24, 2.45) is 5.92 Å². The second-order valence-electron chi connectivity index (χ2n) is 10.1. The summed E-state index contributed by atoms with van der Waals surface area (Å²) in [6.45, 7) is 2.03. The molecule has 2 aromatic carbocycles. The fraction of sp³-hybridized carbons (Fsp3) is 0.464. The smallest absolute Gasteiger partial charge is 0.414 e. The highest BCUT2D eigenvalue weighted by molar-refractivity contribution is 6.30. The lowest BCUT2D eigenvalue weighted by Crippen LogP contribution is -2.42. The van der Waals surface area contributed by atoms with Crippen molar-refractivity contribution in [1.82, 2.24) is 9.55 Å². The molecule has 1 atom stereocenters. The maximum absolute atomic E-state index is 12.6. The van der Waals surface area contributed by atoms with Crippen LogP contribution in [0.15, 0.2) is 30.3 Å². The van der Waals surface area contributed by atoms with Crippen LogP contribution in [0.3, 0.4) is 0 Å². The van der Waals surface area contributed by atoms with Gasteiger partial charge in [0.2, 0.25) is 0 Å². The largest absolute Gasteiger partial charge is 0.497 e. The van der Waals surface area contributed by atoms with Gasteiger partial charge in [0.05, 0.1) is 36.9 Å². The van der Waals surface area contributed by atoms with Crippen molar-refractivity contribution in [2.75, 3.05) is 19.1 Å². The van der Waals surface area contributed by atoms with Gasteiger partial charge in [0, 0.05) is 29.1 Å². The molecule has 2 heterocycles. The Bertz CT molecular complexity index is 1350. The first-order valence-corrected chi connectivity index (χ1v) is 13.1. The number of carbonyl (C=O) groups is 2. The van der Waals surface area contributed by atoms with Gasteiger partial charge in [-0.15, -0.1) is 0 Å². The van der Waals surface area contributed by atoms with Crippen molar-refractivity contribution in [3.8, 4) is 5.75 Å². The van der Waals surface area contributed by atoms with Crippen LogP contribution in [0.4, 0.5) is 10.5 Å². The summed E-state index contributed by atoms with van der Waals surface area (Å²) in [6, 6.07) is 9.88. The third-order valence-corrected chi connectivity index (χ3v) is 8.06. The Morgan fingerprint density at radius 2 is 1.86 bits per heavy atom. The van der Waals surface area contributed by atoms with Gasteiger partial charge >= 0.3 is 12.1 Å². The molecule has 0 bridgehead atoms. The summed E-state index contributed by atoms with van der Waals surface area (Å²) < 4.78 is 12.8. The predicted octanol–water partition coefficient (Wildman–Crippen LogP) is 6.01. The SMILES string of the molecule is COC(=O)N1c2ccc3c(nc(Cc4cc(Cl)cc(OC)c4)n3[C@H]3CC[C@H](C(=O)O)CC3)c2CC[C@@H]1C. The predicted molar refractivity (Wildman–Crippen MR) is 142 cm³/mol. The number of benzene rings is 2. The van der Waals surface area contributed by atoms with E-state index in [-0.39, 0.29) is 24.1 Å². The number of nitrogens with zero attached hydrogens (tertiary/aromatic N) is 3. The van der Waals surface area contributed by atoms with Crippen LogP contribution in [-0.4, -0.2) is 47.0 Å². The number of hydrogen-bond acceptors (Lipinski definition) is 5. The minimum atomic E-state index is -0.716. The Kier molecular flexibility index (Phi) is 7.03. The highest BCUT2D eigenvalue weighted by atomic mass is 35.5. The molecule has 1 fully saturated rings. The van der Waals surface area contributed by atoms with Crippen LogP contribution >= 0.6 is 11.6 Å². The molecule has 1 amide bonds. The number of fused-ring (bicyclic) bond motifs is 3. The molecule has 3 aromatic rings. The van der Waals surface area contributed by atoms with Crippen LogP contribution in [0.2, 0.25) is 5.02 Å². The number of imidazole rings is 1. The second-order valence-corrected chi connectivity index (χ2v) is 10.5. The van der Waals surface area contributed by atoms with Crippen molar-refractivity contribution in [1.29, 1.82) is 0 Å². The van der Waals surface area contributed by atoms with Crippen LogP contribution in [-0.2, 0) is 22.4 Å².